The summed E-state index contributed by atoms with van der Waals surface area (Å²) in [5.41, 5.74) is 2.15. The van der Waals surface area contributed by atoms with Crippen molar-refractivity contribution >= 4 is 27.5 Å². The maximum Gasteiger partial charge on any atom is 0.240 e. The largest absolute Gasteiger partial charge is 0.353 e. The third kappa shape index (κ3) is 4.45. The second-order valence-corrected chi connectivity index (χ2v) is 10.8. The number of halogens is 1. The van der Waals surface area contributed by atoms with Crippen LogP contribution in [0.25, 0.3) is 0 Å². The van der Waals surface area contributed by atoms with Gasteiger partial charge >= 0.3 is 0 Å². The number of hydrogen-bond donors (Lipinski definition) is 2. The van der Waals surface area contributed by atoms with Crippen LogP contribution in [-0.2, 0) is 26.0 Å². The van der Waals surface area contributed by atoms with Crippen LogP contribution >= 0.6 is 0 Å². The quantitative estimate of drug-likeness (QED) is 0.644. The molecule has 2 aromatic rings. The molecule has 2 fully saturated rings. The molecule has 3 atom stereocenters. The zero-order chi connectivity index (χ0) is 23.9. The lowest BCUT2D eigenvalue weighted by molar-refractivity contribution is -0.129. The molecule has 34 heavy (non-hydrogen) atoms. The Labute approximate surface area is 198 Å². The lowest BCUT2D eigenvalue weighted by atomic mass is 10.0. The third-order valence-corrected chi connectivity index (χ3v) is 8.48. The summed E-state index contributed by atoms with van der Waals surface area (Å²) in [6.07, 6.45) is 2.12. The molecule has 0 bridgehead atoms. The van der Waals surface area contributed by atoms with E-state index in [1.54, 1.807) is 0 Å². The van der Waals surface area contributed by atoms with Gasteiger partial charge in [0.05, 0.1) is 10.9 Å². The summed E-state index contributed by atoms with van der Waals surface area (Å²) >= 11 is 0. The predicted octanol–water partition coefficient (Wildman–Crippen LogP) is 1.41. The number of rotatable bonds is 6. The summed E-state index contributed by atoms with van der Waals surface area (Å²) in [6.45, 7) is 1.49. The van der Waals surface area contributed by atoms with E-state index < -0.39 is 27.9 Å². The minimum Gasteiger partial charge on any atom is -0.353 e. The van der Waals surface area contributed by atoms with E-state index in [1.807, 2.05) is 34.1 Å². The van der Waals surface area contributed by atoms with Crippen molar-refractivity contribution in [3.05, 3.63) is 59.9 Å². The summed E-state index contributed by atoms with van der Waals surface area (Å²) in [5.74, 6) is -0.575. The molecule has 3 aliphatic rings. The molecular formula is C24H27FN4O4S. The number of amides is 2. The number of anilines is 1. The number of fused-ring (bicyclic) bond motifs is 2. The molecule has 180 valence electrons. The highest BCUT2D eigenvalue weighted by Crippen LogP contribution is 2.30. The highest BCUT2D eigenvalue weighted by atomic mass is 32.2. The molecule has 2 saturated heterocycles. The van der Waals surface area contributed by atoms with E-state index in [0.29, 0.717) is 38.9 Å². The van der Waals surface area contributed by atoms with Gasteiger partial charge in [-0.25, -0.2) is 17.5 Å². The molecule has 0 radical (unpaired) electrons. The Balaban J connectivity index is 1.22. The summed E-state index contributed by atoms with van der Waals surface area (Å²) in [4.78, 5) is 29.2. The first kappa shape index (κ1) is 22.9. The zero-order valence-electron chi connectivity index (χ0n) is 18.6. The highest BCUT2D eigenvalue weighted by Gasteiger charge is 2.44. The molecule has 0 aromatic heterocycles. The van der Waals surface area contributed by atoms with E-state index in [9.17, 15) is 22.4 Å². The summed E-state index contributed by atoms with van der Waals surface area (Å²) in [6, 6.07) is 11.6. The van der Waals surface area contributed by atoms with Gasteiger partial charge in [0.25, 0.3) is 0 Å². The molecule has 0 unspecified atom stereocenters. The normalized spacial score (nSPS) is 24.6. The van der Waals surface area contributed by atoms with Gasteiger partial charge in [0.15, 0.2) is 0 Å². The first-order valence-electron chi connectivity index (χ1n) is 11.5. The number of nitrogens with one attached hydrogen (secondary N) is 2. The van der Waals surface area contributed by atoms with Crippen molar-refractivity contribution in [2.75, 3.05) is 24.5 Å². The van der Waals surface area contributed by atoms with Gasteiger partial charge in [-0.1, -0.05) is 18.2 Å². The van der Waals surface area contributed by atoms with Crippen molar-refractivity contribution < 1.29 is 22.4 Å². The first-order chi connectivity index (χ1) is 16.3. The van der Waals surface area contributed by atoms with Crippen molar-refractivity contribution in [1.29, 1.82) is 0 Å². The average molecular weight is 487 g/mol. The van der Waals surface area contributed by atoms with Crippen LogP contribution in [0, 0.1) is 5.82 Å². The van der Waals surface area contributed by atoms with Crippen LogP contribution in [0.5, 0.6) is 0 Å². The van der Waals surface area contributed by atoms with Gasteiger partial charge in [0.1, 0.15) is 5.82 Å². The van der Waals surface area contributed by atoms with Gasteiger partial charge < -0.3 is 10.2 Å². The highest BCUT2D eigenvalue weighted by molar-refractivity contribution is 7.89. The van der Waals surface area contributed by atoms with E-state index in [-0.39, 0.29) is 22.8 Å². The zero-order valence-corrected chi connectivity index (χ0v) is 19.4. The maximum absolute atomic E-state index is 13.2. The van der Waals surface area contributed by atoms with Crippen LogP contribution in [0.3, 0.4) is 0 Å². The van der Waals surface area contributed by atoms with E-state index in [4.69, 9.17) is 0 Å². The van der Waals surface area contributed by atoms with Gasteiger partial charge in [0.2, 0.25) is 21.8 Å². The fraction of sp³-hybridized carbons (Fsp3) is 0.417. The molecule has 0 spiro atoms. The number of piperazine rings is 1. The predicted molar refractivity (Wildman–Crippen MR) is 124 cm³/mol. The topological polar surface area (TPSA) is 98.8 Å². The molecule has 0 saturated carbocycles. The number of carbonyl (C=O) groups is 2. The molecule has 10 heteroatoms. The maximum atomic E-state index is 13.2. The van der Waals surface area contributed by atoms with Crippen molar-refractivity contribution in [2.24, 2.45) is 0 Å². The minimum absolute atomic E-state index is 0.0173. The molecule has 3 heterocycles. The number of sulfonamides is 1. The van der Waals surface area contributed by atoms with Gasteiger partial charge in [-0.3, -0.25) is 14.5 Å². The lowest BCUT2D eigenvalue weighted by Crippen LogP contribution is -2.58. The molecule has 2 amide bonds. The van der Waals surface area contributed by atoms with E-state index >= 15 is 0 Å². The fourth-order valence-electron chi connectivity index (χ4n) is 5.25. The molecular weight excluding hydrogens is 459 g/mol. The van der Waals surface area contributed by atoms with Gasteiger partial charge in [-0.2, -0.15) is 0 Å². The minimum atomic E-state index is -3.84. The molecule has 0 aliphatic carbocycles. The third-order valence-electron chi connectivity index (χ3n) is 6.95. The van der Waals surface area contributed by atoms with E-state index in [1.165, 1.54) is 17.7 Å². The van der Waals surface area contributed by atoms with Crippen molar-refractivity contribution in [3.63, 3.8) is 0 Å². The van der Waals surface area contributed by atoms with Crippen molar-refractivity contribution in [1.82, 2.24) is 14.9 Å². The Hall–Kier alpha value is -2.82. The van der Waals surface area contributed by atoms with Gasteiger partial charge in [-0.05, 0) is 55.2 Å². The van der Waals surface area contributed by atoms with Gasteiger partial charge in [-0.15, -0.1) is 0 Å². The molecule has 2 N–H and O–H groups in total. The number of hydrogen-bond acceptors (Lipinski definition) is 5. The number of benzene rings is 2. The summed E-state index contributed by atoms with van der Waals surface area (Å²) < 4.78 is 41.3. The fourth-order valence-corrected chi connectivity index (χ4v) is 6.49. The first-order valence-corrected chi connectivity index (χ1v) is 13.0. The Bertz CT molecular complexity index is 1200. The van der Waals surface area contributed by atoms with Gasteiger partial charge in [0, 0.05) is 43.8 Å². The Morgan fingerprint density at radius 1 is 1.15 bits per heavy atom. The van der Waals surface area contributed by atoms with E-state index in [2.05, 4.69) is 10.0 Å². The van der Waals surface area contributed by atoms with Crippen LogP contribution in [-0.4, -0.2) is 62.9 Å². The Morgan fingerprint density at radius 2 is 1.91 bits per heavy atom. The van der Waals surface area contributed by atoms with Crippen LogP contribution in [0.4, 0.5) is 10.1 Å². The van der Waals surface area contributed by atoms with Crippen LogP contribution in [0.1, 0.15) is 24.8 Å². The molecule has 3 aliphatic heterocycles. The second kappa shape index (κ2) is 9.09. The van der Waals surface area contributed by atoms with Crippen LogP contribution in [0.2, 0.25) is 0 Å². The smallest absolute Gasteiger partial charge is 0.240 e. The molecule has 5 rings (SSSR count). The Morgan fingerprint density at radius 3 is 2.71 bits per heavy atom. The number of para-hydroxylation sites is 1. The standard InChI is InChI=1S/C24H27FN4O4S/c25-17-5-8-20(9-6-17)34(32,33)27-18-13-22-24(31)26-14-19(29(22)15-18)7-10-23(30)28-12-11-16-3-1-2-4-21(16)28/h1-6,8-9,18-19,22,27H,7,10-15H2,(H,26,31)/t18-,19+,22-/m0/s1. The average Bonchev–Trinajstić information content (AvgIpc) is 3.43. The number of nitrogens with zero attached hydrogens (tertiary/aromatic N) is 2. The van der Waals surface area contributed by atoms with Crippen molar-refractivity contribution in [3.8, 4) is 0 Å². The van der Waals surface area contributed by atoms with Crippen molar-refractivity contribution in [2.45, 2.75) is 48.7 Å². The monoisotopic (exact) mass is 486 g/mol. The molecule has 2 aromatic carbocycles. The number of carbonyl (C=O) groups excluding carboxylic acids is 2. The lowest BCUT2D eigenvalue weighted by Gasteiger charge is -2.37. The molecule has 8 nitrogen and oxygen atoms in total. The Kier molecular flexibility index (Phi) is 6.13. The summed E-state index contributed by atoms with van der Waals surface area (Å²) in [7, 11) is -3.84. The van der Waals surface area contributed by atoms with E-state index in [0.717, 1.165) is 24.2 Å². The van der Waals surface area contributed by atoms with Crippen LogP contribution in [0.15, 0.2) is 53.4 Å². The summed E-state index contributed by atoms with van der Waals surface area (Å²) in [5, 5.41) is 2.91. The second-order valence-electron chi connectivity index (χ2n) is 9.08. The van der Waals surface area contributed by atoms with Crippen LogP contribution < -0.4 is 14.9 Å². The SMILES string of the molecule is O=C1NC[C@@H](CCC(=O)N2CCc3ccccc32)N2C[C@@H](NS(=O)(=O)c3ccc(F)cc3)C[C@@H]12.